The Bertz CT molecular complexity index is 1150. The molecule has 1 N–H and O–H groups in total. The molecule has 2 saturated heterocycles. The van der Waals surface area contributed by atoms with Crippen molar-refractivity contribution in [3.8, 4) is 0 Å². The zero-order valence-corrected chi connectivity index (χ0v) is 21.8. The lowest BCUT2D eigenvalue weighted by atomic mass is 9.93. The number of rotatable bonds is 7. The third-order valence-corrected chi connectivity index (χ3v) is 8.82. The largest absolute Gasteiger partial charge is 0.356 e. The van der Waals surface area contributed by atoms with E-state index in [1.54, 1.807) is 17.7 Å². The number of likely N-dealkylation sites (tertiary alicyclic amines) is 1. The van der Waals surface area contributed by atoms with Crippen LogP contribution in [0, 0.1) is 18.8 Å². The smallest absolute Gasteiger partial charge is 0.223 e. The van der Waals surface area contributed by atoms with Crippen LogP contribution in [0.1, 0.15) is 48.6 Å². The maximum atomic E-state index is 12.9. The molecule has 1 aromatic carbocycles. The molecule has 35 heavy (non-hydrogen) atoms. The molecule has 2 aliphatic rings. The number of nitrogens with one attached hydrogen (secondary N) is 1. The van der Waals surface area contributed by atoms with E-state index in [4.69, 9.17) is 0 Å². The van der Waals surface area contributed by atoms with Gasteiger partial charge in [0.15, 0.2) is 0 Å². The van der Waals surface area contributed by atoms with Crippen molar-refractivity contribution in [3.63, 3.8) is 0 Å². The first-order chi connectivity index (χ1) is 17.1. The van der Waals surface area contributed by atoms with E-state index in [2.05, 4.69) is 69.3 Å². The minimum absolute atomic E-state index is 0.110. The van der Waals surface area contributed by atoms with Gasteiger partial charge in [0.05, 0.1) is 5.39 Å². The zero-order chi connectivity index (χ0) is 24.2. The number of aryl methyl sites for hydroxylation is 2. The summed E-state index contributed by atoms with van der Waals surface area (Å²) in [7, 11) is 0. The molecule has 0 unspecified atom stereocenters. The summed E-state index contributed by atoms with van der Waals surface area (Å²) in [4.78, 5) is 29.3. The summed E-state index contributed by atoms with van der Waals surface area (Å²) < 4.78 is 0. The lowest BCUT2D eigenvalue weighted by Gasteiger charge is -2.34. The zero-order valence-electron chi connectivity index (χ0n) is 21.0. The number of benzene rings is 1. The molecule has 2 aliphatic heterocycles. The fraction of sp³-hybridized carbons (Fsp3) is 0.536. The Kier molecular flexibility index (Phi) is 7.63. The van der Waals surface area contributed by atoms with Crippen LogP contribution < -0.4 is 10.2 Å². The molecule has 0 radical (unpaired) electrons. The Labute approximate surface area is 212 Å². The molecule has 1 amide bonds. The van der Waals surface area contributed by atoms with Gasteiger partial charge >= 0.3 is 0 Å². The molecule has 0 aliphatic carbocycles. The summed E-state index contributed by atoms with van der Waals surface area (Å²) in [6.45, 7) is 10.2. The number of carbonyl (C=O) groups is 1. The molecule has 4 heterocycles. The molecule has 2 fully saturated rings. The fourth-order valence-corrected chi connectivity index (χ4v) is 6.41. The molecule has 6 nitrogen and oxygen atoms in total. The maximum absolute atomic E-state index is 12.9. The maximum Gasteiger partial charge on any atom is 0.223 e. The van der Waals surface area contributed by atoms with Gasteiger partial charge in [0.25, 0.3) is 0 Å². The van der Waals surface area contributed by atoms with E-state index in [-0.39, 0.29) is 11.8 Å². The number of piperidine rings is 2. The molecule has 7 heteroatoms. The van der Waals surface area contributed by atoms with Gasteiger partial charge in [-0.05, 0) is 69.7 Å². The van der Waals surface area contributed by atoms with Gasteiger partial charge in [-0.25, -0.2) is 9.97 Å². The second-order valence-electron chi connectivity index (χ2n) is 10.2. The van der Waals surface area contributed by atoms with Gasteiger partial charge in [0, 0.05) is 37.0 Å². The lowest BCUT2D eigenvalue weighted by Crippen LogP contribution is -2.43. The Balaban J connectivity index is 1.06. The molecule has 3 aromatic rings. The number of hydrogen-bond acceptors (Lipinski definition) is 6. The topological polar surface area (TPSA) is 61.4 Å². The Morgan fingerprint density at radius 3 is 2.63 bits per heavy atom. The fourth-order valence-electron chi connectivity index (χ4n) is 5.48. The number of anilines is 1. The van der Waals surface area contributed by atoms with Crippen LogP contribution in [0.5, 0.6) is 0 Å². The van der Waals surface area contributed by atoms with E-state index < -0.39 is 0 Å². The van der Waals surface area contributed by atoms with Gasteiger partial charge in [-0.15, -0.1) is 11.3 Å². The van der Waals surface area contributed by atoms with E-state index >= 15 is 0 Å². The van der Waals surface area contributed by atoms with Crippen molar-refractivity contribution in [2.75, 3.05) is 37.6 Å². The van der Waals surface area contributed by atoms with Crippen LogP contribution in [0.3, 0.4) is 0 Å². The first-order valence-electron chi connectivity index (χ1n) is 13.1. The number of amides is 1. The van der Waals surface area contributed by atoms with Crippen LogP contribution >= 0.6 is 11.3 Å². The Morgan fingerprint density at radius 1 is 1.09 bits per heavy atom. The molecule has 186 valence electrons. The highest BCUT2D eigenvalue weighted by Gasteiger charge is 2.28. The van der Waals surface area contributed by atoms with Crippen LogP contribution in [0.25, 0.3) is 10.2 Å². The van der Waals surface area contributed by atoms with Crippen LogP contribution in [-0.4, -0.2) is 53.5 Å². The van der Waals surface area contributed by atoms with Gasteiger partial charge in [-0.3, -0.25) is 9.69 Å². The van der Waals surface area contributed by atoms with Crippen molar-refractivity contribution < 1.29 is 4.79 Å². The summed E-state index contributed by atoms with van der Waals surface area (Å²) in [5, 5.41) is 4.45. The van der Waals surface area contributed by atoms with Crippen LogP contribution in [-0.2, 0) is 17.8 Å². The highest BCUT2D eigenvalue weighted by atomic mass is 32.1. The normalized spacial score (nSPS) is 18.3. The highest BCUT2D eigenvalue weighted by molar-refractivity contribution is 7.18. The van der Waals surface area contributed by atoms with Crippen LogP contribution in [0.2, 0.25) is 0 Å². The van der Waals surface area contributed by atoms with E-state index in [1.807, 2.05) is 0 Å². The SMILES string of the molecule is CCc1cc2c(N3CCC(C(=O)NCC4CCN(Cc5cccc(C)c5)CC4)CC3)ncnc2s1. The number of hydrogen-bond donors (Lipinski definition) is 1. The van der Waals surface area contributed by atoms with Crippen molar-refractivity contribution in [2.24, 2.45) is 11.8 Å². The molecule has 0 atom stereocenters. The number of carbonyl (C=O) groups excluding carboxylic acids is 1. The number of thiophene rings is 1. The predicted molar refractivity (Wildman–Crippen MR) is 144 cm³/mol. The molecule has 0 spiro atoms. The summed E-state index contributed by atoms with van der Waals surface area (Å²) >= 11 is 1.76. The average molecular weight is 492 g/mol. The first-order valence-corrected chi connectivity index (χ1v) is 13.9. The van der Waals surface area contributed by atoms with Gasteiger partial charge in [0.2, 0.25) is 5.91 Å². The summed E-state index contributed by atoms with van der Waals surface area (Å²) in [6, 6.07) is 11.0. The highest BCUT2D eigenvalue weighted by Crippen LogP contribution is 2.32. The van der Waals surface area contributed by atoms with Crippen molar-refractivity contribution in [3.05, 3.63) is 52.7 Å². The van der Waals surface area contributed by atoms with E-state index in [9.17, 15) is 4.79 Å². The minimum Gasteiger partial charge on any atom is -0.356 e. The molecule has 0 saturated carbocycles. The Hall–Kier alpha value is -2.51. The number of fused-ring (bicyclic) bond motifs is 1. The third kappa shape index (κ3) is 5.84. The molecule has 2 aromatic heterocycles. The summed E-state index contributed by atoms with van der Waals surface area (Å²) in [5.74, 6) is 1.97. The van der Waals surface area contributed by atoms with E-state index in [0.717, 1.165) is 87.4 Å². The van der Waals surface area contributed by atoms with E-state index in [1.165, 1.54) is 16.0 Å². The first kappa shape index (κ1) is 24.2. The molecular formula is C28H37N5OS. The monoisotopic (exact) mass is 491 g/mol. The van der Waals surface area contributed by atoms with Crippen molar-refractivity contribution in [1.82, 2.24) is 20.2 Å². The second-order valence-corrected chi connectivity index (χ2v) is 11.3. The molecule has 5 rings (SSSR count). The van der Waals surface area contributed by atoms with Gasteiger partial charge in [-0.1, -0.05) is 36.8 Å². The van der Waals surface area contributed by atoms with Gasteiger partial charge < -0.3 is 10.2 Å². The van der Waals surface area contributed by atoms with Crippen molar-refractivity contribution in [2.45, 2.75) is 52.5 Å². The van der Waals surface area contributed by atoms with Crippen molar-refractivity contribution >= 4 is 33.3 Å². The number of aromatic nitrogens is 2. The standard InChI is InChI=1S/C28H37N5OS/c1-3-24-16-25-26(30-19-31-28(25)35-24)33-13-9-23(10-14-33)27(34)29-17-21-7-11-32(12-8-21)18-22-6-4-5-20(2)15-22/h4-6,15-16,19,21,23H,3,7-14,17-18H2,1-2H3,(H,29,34). The molecular weight excluding hydrogens is 454 g/mol. The van der Waals surface area contributed by atoms with E-state index in [0.29, 0.717) is 5.92 Å². The predicted octanol–water partition coefficient (Wildman–Crippen LogP) is 4.81. The lowest BCUT2D eigenvalue weighted by molar-refractivity contribution is -0.125. The molecule has 0 bridgehead atoms. The average Bonchev–Trinajstić information content (AvgIpc) is 3.32. The van der Waals surface area contributed by atoms with Crippen molar-refractivity contribution in [1.29, 1.82) is 0 Å². The summed E-state index contributed by atoms with van der Waals surface area (Å²) in [5.41, 5.74) is 2.73. The minimum atomic E-state index is 0.110. The summed E-state index contributed by atoms with van der Waals surface area (Å²) in [6.07, 6.45) is 6.80. The quantitative estimate of drug-likeness (QED) is 0.514. The Morgan fingerprint density at radius 2 is 1.89 bits per heavy atom. The second kappa shape index (κ2) is 11.0. The van der Waals surface area contributed by atoms with Gasteiger partial charge in [-0.2, -0.15) is 0 Å². The van der Waals surface area contributed by atoms with Crippen LogP contribution in [0.4, 0.5) is 5.82 Å². The van der Waals surface area contributed by atoms with Gasteiger partial charge in [0.1, 0.15) is 17.0 Å². The third-order valence-electron chi connectivity index (χ3n) is 7.63. The van der Waals surface area contributed by atoms with Crippen LogP contribution in [0.15, 0.2) is 36.7 Å². The number of nitrogens with zero attached hydrogens (tertiary/aromatic N) is 4.